The van der Waals surface area contributed by atoms with Crippen molar-refractivity contribution in [1.29, 1.82) is 0 Å². The molecule has 2 atom stereocenters. The molecule has 222 valence electrons. The molecule has 13 heteroatoms. The lowest BCUT2D eigenvalue weighted by Crippen LogP contribution is -2.21. The molecule has 5 rings (SSSR count). The van der Waals surface area contributed by atoms with Crippen LogP contribution in [-0.4, -0.2) is 51.2 Å². The summed E-state index contributed by atoms with van der Waals surface area (Å²) in [6.45, 7) is 5.40. The van der Waals surface area contributed by atoms with Crippen molar-refractivity contribution in [2.75, 3.05) is 23.3 Å². The summed E-state index contributed by atoms with van der Waals surface area (Å²) in [5.41, 5.74) is 4.05. The summed E-state index contributed by atoms with van der Waals surface area (Å²) < 4.78 is 40.0. The predicted octanol–water partition coefficient (Wildman–Crippen LogP) is 5.33. The highest BCUT2D eigenvalue weighted by atomic mass is 19.4. The second kappa shape index (κ2) is 12.0. The van der Waals surface area contributed by atoms with E-state index in [1.165, 1.54) is 5.69 Å². The van der Waals surface area contributed by atoms with Crippen molar-refractivity contribution in [1.82, 2.24) is 9.78 Å². The summed E-state index contributed by atoms with van der Waals surface area (Å²) in [4.78, 5) is 35.8. The number of aromatic nitrogens is 2. The zero-order valence-electron chi connectivity index (χ0n) is 23.0. The summed E-state index contributed by atoms with van der Waals surface area (Å²) >= 11 is 0. The maximum Gasteiger partial charge on any atom is 0.490 e. The number of aryl methyl sites for hydroxylation is 2. The fraction of sp³-hybridized carbons (Fsp3) is 0.310. The number of para-hydroxylation sites is 1. The molecule has 0 radical (unpaired) electrons. The number of aliphatic carboxylic acids is 1. The smallest absolute Gasteiger partial charge is 0.478 e. The molecule has 0 aliphatic carbocycles. The Kier molecular flexibility index (Phi) is 8.59. The Labute approximate surface area is 238 Å². The molecule has 3 heterocycles. The average Bonchev–Trinajstić information content (AvgIpc) is 3.57. The molecule has 1 aliphatic rings. The SMILES string of the molecule is Cc1cc(C(C)Nc2ccccc2C(=O)O)c2oc(N3CCC(c4ccnn4C)C3)cc(=O)c2c1.O=C(O)C(F)(F)F. The molecule has 4 aromatic rings. The second-order valence-corrected chi connectivity index (χ2v) is 10.0. The standard InChI is InChI=1S/C27H28N4O4.C2HF3O2/c1-16-12-20(17(2)29-22-7-5-4-6-19(22)27(33)34)26-21(13-16)24(32)14-25(35-26)31-11-9-18(15-31)23-8-10-28-30(23)3;3-2(4,5)1(6)7/h4-8,10,12-14,17-18,29H,9,11,15H2,1-3H3,(H,33,34);(H,6,7). The van der Waals surface area contributed by atoms with Gasteiger partial charge in [0.2, 0.25) is 0 Å². The molecule has 10 nitrogen and oxygen atoms in total. The van der Waals surface area contributed by atoms with Gasteiger partial charge in [0.05, 0.1) is 17.0 Å². The van der Waals surface area contributed by atoms with Gasteiger partial charge in [0.15, 0.2) is 11.3 Å². The number of hydrogen-bond donors (Lipinski definition) is 3. The second-order valence-electron chi connectivity index (χ2n) is 10.0. The van der Waals surface area contributed by atoms with E-state index in [0.29, 0.717) is 28.5 Å². The van der Waals surface area contributed by atoms with E-state index in [0.717, 1.165) is 30.6 Å². The van der Waals surface area contributed by atoms with Crippen LogP contribution in [0.1, 0.15) is 52.5 Å². The quantitative estimate of drug-likeness (QED) is 0.274. The minimum Gasteiger partial charge on any atom is -0.478 e. The minimum atomic E-state index is -5.08. The number of carboxylic acid groups (broad SMARTS) is 2. The molecule has 2 aromatic carbocycles. The first kappa shape index (κ1) is 30.2. The number of nitrogens with zero attached hydrogens (tertiary/aromatic N) is 3. The molecule has 2 unspecified atom stereocenters. The highest BCUT2D eigenvalue weighted by Crippen LogP contribution is 2.34. The maximum atomic E-state index is 13.2. The van der Waals surface area contributed by atoms with E-state index in [1.807, 2.05) is 43.8 Å². The van der Waals surface area contributed by atoms with Gasteiger partial charge < -0.3 is 24.8 Å². The van der Waals surface area contributed by atoms with Gasteiger partial charge in [-0.05, 0) is 50.1 Å². The molecule has 0 spiro atoms. The number of hydrogen-bond acceptors (Lipinski definition) is 7. The van der Waals surface area contributed by atoms with Crippen LogP contribution < -0.4 is 15.6 Å². The van der Waals surface area contributed by atoms with Gasteiger partial charge in [-0.2, -0.15) is 18.3 Å². The van der Waals surface area contributed by atoms with Crippen LogP contribution in [0.15, 0.2) is 63.9 Å². The van der Waals surface area contributed by atoms with E-state index in [9.17, 15) is 27.9 Å². The van der Waals surface area contributed by atoms with E-state index in [-0.39, 0.29) is 17.0 Å². The molecule has 0 bridgehead atoms. The Balaban J connectivity index is 0.000000517. The van der Waals surface area contributed by atoms with Crippen molar-refractivity contribution in [3.63, 3.8) is 0 Å². The highest BCUT2D eigenvalue weighted by molar-refractivity contribution is 5.94. The average molecular weight is 587 g/mol. The Hall–Kier alpha value is -4.81. The van der Waals surface area contributed by atoms with Crippen LogP contribution in [0.4, 0.5) is 24.7 Å². The van der Waals surface area contributed by atoms with Gasteiger partial charge in [0, 0.05) is 55.3 Å². The van der Waals surface area contributed by atoms with E-state index in [1.54, 1.807) is 36.5 Å². The Morgan fingerprint density at radius 1 is 1.14 bits per heavy atom. The van der Waals surface area contributed by atoms with E-state index >= 15 is 0 Å². The minimum absolute atomic E-state index is 0.0895. The number of fused-ring (bicyclic) bond motifs is 1. The lowest BCUT2D eigenvalue weighted by Gasteiger charge is -2.21. The molecule has 1 fully saturated rings. The van der Waals surface area contributed by atoms with Crippen molar-refractivity contribution in [2.45, 2.75) is 38.4 Å². The van der Waals surface area contributed by atoms with Crippen LogP contribution >= 0.6 is 0 Å². The van der Waals surface area contributed by atoms with Gasteiger partial charge in [0.1, 0.15) is 5.58 Å². The Bertz CT molecular complexity index is 1680. The number of rotatable bonds is 6. The molecule has 1 saturated heterocycles. The number of nitrogens with one attached hydrogen (secondary N) is 1. The van der Waals surface area contributed by atoms with E-state index in [4.69, 9.17) is 14.3 Å². The lowest BCUT2D eigenvalue weighted by atomic mass is 10.0. The largest absolute Gasteiger partial charge is 0.490 e. The third kappa shape index (κ3) is 6.56. The van der Waals surface area contributed by atoms with Crippen LogP contribution in [0, 0.1) is 6.92 Å². The van der Waals surface area contributed by atoms with Gasteiger partial charge in [-0.15, -0.1) is 0 Å². The molecule has 1 aliphatic heterocycles. The van der Waals surface area contributed by atoms with E-state index < -0.39 is 18.1 Å². The van der Waals surface area contributed by atoms with Gasteiger partial charge in [0.25, 0.3) is 0 Å². The van der Waals surface area contributed by atoms with Crippen molar-refractivity contribution in [3.8, 4) is 0 Å². The summed E-state index contributed by atoms with van der Waals surface area (Å²) in [5.74, 6) is -2.89. The number of carboxylic acids is 2. The molecule has 2 aromatic heterocycles. The van der Waals surface area contributed by atoms with Crippen LogP contribution in [0.3, 0.4) is 0 Å². The third-order valence-electron chi connectivity index (χ3n) is 7.00. The number of halogens is 3. The fourth-order valence-electron chi connectivity index (χ4n) is 4.99. The molecule has 42 heavy (non-hydrogen) atoms. The van der Waals surface area contributed by atoms with Crippen LogP contribution in [0.2, 0.25) is 0 Å². The number of aromatic carboxylic acids is 1. The monoisotopic (exact) mass is 586 g/mol. The lowest BCUT2D eigenvalue weighted by molar-refractivity contribution is -0.192. The Morgan fingerprint density at radius 2 is 1.83 bits per heavy atom. The number of benzene rings is 2. The van der Waals surface area contributed by atoms with Gasteiger partial charge in [-0.25, -0.2) is 9.59 Å². The van der Waals surface area contributed by atoms with Crippen LogP contribution in [-0.2, 0) is 11.8 Å². The normalized spacial score (nSPS) is 15.7. The molecular formula is C29H29F3N4O6. The van der Waals surface area contributed by atoms with Gasteiger partial charge >= 0.3 is 18.1 Å². The van der Waals surface area contributed by atoms with Crippen molar-refractivity contribution in [3.05, 3.63) is 87.3 Å². The van der Waals surface area contributed by atoms with Crippen molar-refractivity contribution in [2.24, 2.45) is 7.05 Å². The van der Waals surface area contributed by atoms with Crippen LogP contribution in [0.5, 0.6) is 0 Å². The molecule has 0 amide bonds. The third-order valence-corrected chi connectivity index (χ3v) is 7.00. The topological polar surface area (TPSA) is 138 Å². The van der Waals surface area contributed by atoms with Crippen molar-refractivity contribution >= 4 is 34.5 Å². The molecule has 3 N–H and O–H groups in total. The maximum absolute atomic E-state index is 13.2. The summed E-state index contributed by atoms with van der Waals surface area (Å²) in [7, 11) is 1.94. The van der Waals surface area contributed by atoms with Crippen molar-refractivity contribution < 1.29 is 37.4 Å². The summed E-state index contributed by atoms with van der Waals surface area (Å²) in [5, 5.41) is 24.8. The Morgan fingerprint density at radius 3 is 2.45 bits per heavy atom. The number of carbonyl (C=O) groups is 2. The molecule has 0 saturated carbocycles. The summed E-state index contributed by atoms with van der Waals surface area (Å²) in [6.07, 6.45) is -2.33. The first-order chi connectivity index (χ1) is 19.8. The predicted molar refractivity (Wildman–Crippen MR) is 149 cm³/mol. The van der Waals surface area contributed by atoms with E-state index in [2.05, 4.69) is 15.3 Å². The fourth-order valence-corrected chi connectivity index (χ4v) is 4.99. The first-order valence-corrected chi connectivity index (χ1v) is 13.0. The number of anilines is 2. The van der Waals surface area contributed by atoms with Crippen LogP contribution in [0.25, 0.3) is 11.0 Å². The van der Waals surface area contributed by atoms with Gasteiger partial charge in [-0.3, -0.25) is 9.48 Å². The molecular weight excluding hydrogens is 557 g/mol. The highest BCUT2D eigenvalue weighted by Gasteiger charge is 2.38. The van der Waals surface area contributed by atoms with Gasteiger partial charge in [-0.1, -0.05) is 18.2 Å². The summed E-state index contributed by atoms with van der Waals surface area (Å²) in [6, 6.07) is 13.9. The first-order valence-electron chi connectivity index (χ1n) is 13.0. The zero-order valence-corrected chi connectivity index (χ0v) is 23.0. The number of alkyl halides is 3. The zero-order chi connectivity index (χ0) is 30.8.